The molecule has 0 saturated carbocycles. The molecular weight excluding hydrogens is 214 g/mol. The Morgan fingerprint density at radius 2 is 1.71 bits per heavy atom. The molecule has 1 aromatic carbocycles. The number of carbonyl (C=O) groups excluding carboxylic acids is 1. The lowest BCUT2D eigenvalue weighted by atomic mass is 10.1. The lowest BCUT2D eigenvalue weighted by molar-refractivity contribution is 0.112. The molecule has 0 amide bonds. The van der Waals surface area contributed by atoms with Crippen molar-refractivity contribution in [3.8, 4) is 11.5 Å². The highest BCUT2D eigenvalue weighted by Gasteiger charge is 2.01. The molecule has 0 aliphatic heterocycles. The summed E-state index contributed by atoms with van der Waals surface area (Å²) < 4.78 is 5.66. The van der Waals surface area contributed by atoms with Crippen LogP contribution in [0.4, 0.5) is 0 Å². The van der Waals surface area contributed by atoms with Crippen molar-refractivity contribution in [2.24, 2.45) is 0 Å². The zero-order valence-electron chi connectivity index (χ0n) is 9.81. The fourth-order valence-corrected chi connectivity index (χ4v) is 1.68. The Bertz CT molecular complexity index is 529. The first-order chi connectivity index (χ1) is 8.17. The van der Waals surface area contributed by atoms with E-state index in [0.717, 1.165) is 23.2 Å². The molecule has 1 aromatic heterocycles. The van der Waals surface area contributed by atoms with E-state index in [4.69, 9.17) is 4.74 Å². The maximum Gasteiger partial charge on any atom is 0.151 e. The van der Waals surface area contributed by atoms with Crippen LogP contribution in [0.15, 0.2) is 36.7 Å². The van der Waals surface area contributed by atoms with Crippen molar-refractivity contribution in [3.63, 3.8) is 0 Å². The van der Waals surface area contributed by atoms with Crippen LogP contribution in [0.3, 0.4) is 0 Å². The summed E-state index contributed by atoms with van der Waals surface area (Å²) in [6.45, 7) is 4.03. The largest absolute Gasteiger partial charge is 0.456 e. The SMILES string of the molecule is Cc1cc(C)cc(Oc2cncc(C=O)c2)c1. The predicted molar refractivity (Wildman–Crippen MR) is 65.6 cm³/mol. The zero-order valence-corrected chi connectivity index (χ0v) is 9.81. The van der Waals surface area contributed by atoms with Gasteiger partial charge < -0.3 is 4.74 Å². The van der Waals surface area contributed by atoms with E-state index in [-0.39, 0.29) is 0 Å². The highest BCUT2D eigenvalue weighted by atomic mass is 16.5. The molecule has 3 heteroatoms. The van der Waals surface area contributed by atoms with Crippen LogP contribution in [0.1, 0.15) is 21.5 Å². The minimum atomic E-state index is 0.506. The topological polar surface area (TPSA) is 39.2 Å². The maximum atomic E-state index is 10.6. The summed E-state index contributed by atoms with van der Waals surface area (Å²) in [7, 11) is 0. The molecule has 0 atom stereocenters. The predicted octanol–water partition coefficient (Wildman–Crippen LogP) is 3.30. The van der Waals surface area contributed by atoms with Gasteiger partial charge in [0.1, 0.15) is 11.5 Å². The molecule has 0 N–H and O–H groups in total. The summed E-state index contributed by atoms with van der Waals surface area (Å²) >= 11 is 0. The van der Waals surface area contributed by atoms with E-state index in [2.05, 4.69) is 11.1 Å². The number of pyridine rings is 1. The summed E-state index contributed by atoms with van der Waals surface area (Å²) in [4.78, 5) is 14.6. The number of benzene rings is 1. The molecule has 86 valence electrons. The van der Waals surface area contributed by atoms with Crippen LogP contribution in [0, 0.1) is 13.8 Å². The minimum absolute atomic E-state index is 0.506. The first-order valence-corrected chi connectivity index (χ1v) is 5.34. The normalized spacial score (nSPS) is 10.0. The van der Waals surface area contributed by atoms with E-state index < -0.39 is 0 Å². The second-order valence-corrected chi connectivity index (χ2v) is 4.00. The first kappa shape index (κ1) is 11.3. The summed E-state index contributed by atoms with van der Waals surface area (Å²) in [5, 5.41) is 0. The van der Waals surface area contributed by atoms with Crippen LogP contribution in [-0.2, 0) is 0 Å². The van der Waals surface area contributed by atoms with Crippen molar-refractivity contribution in [1.82, 2.24) is 4.98 Å². The first-order valence-electron chi connectivity index (χ1n) is 5.34. The molecular formula is C14H13NO2. The fourth-order valence-electron chi connectivity index (χ4n) is 1.68. The Morgan fingerprint density at radius 3 is 2.35 bits per heavy atom. The second-order valence-electron chi connectivity index (χ2n) is 4.00. The minimum Gasteiger partial charge on any atom is -0.456 e. The molecule has 0 saturated heterocycles. The molecule has 0 fully saturated rings. The third-order valence-corrected chi connectivity index (χ3v) is 2.30. The van der Waals surface area contributed by atoms with Gasteiger partial charge >= 0.3 is 0 Å². The van der Waals surface area contributed by atoms with Gasteiger partial charge in [-0.05, 0) is 43.2 Å². The van der Waals surface area contributed by atoms with Crippen molar-refractivity contribution in [2.45, 2.75) is 13.8 Å². The Labute approximate surface area is 100 Å². The van der Waals surface area contributed by atoms with E-state index in [1.807, 2.05) is 26.0 Å². The van der Waals surface area contributed by atoms with Crippen molar-refractivity contribution < 1.29 is 9.53 Å². The number of aldehydes is 1. The maximum absolute atomic E-state index is 10.6. The van der Waals surface area contributed by atoms with Crippen molar-refractivity contribution in [1.29, 1.82) is 0 Å². The molecule has 17 heavy (non-hydrogen) atoms. The average molecular weight is 227 g/mol. The van der Waals surface area contributed by atoms with Gasteiger partial charge in [0.2, 0.25) is 0 Å². The average Bonchev–Trinajstić information content (AvgIpc) is 2.28. The third-order valence-electron chi connectivity index (χ3n) is 2.30. The van der Waals surface area contributed by atoms with E-state index in [1.165, 1.54) is 6.20 Å². The van der Waals surface area contributed by atoms with Crippen LogP contribution in [0.2, 0.25) is 0 Å². The molecule has 0 bridgehead atoms. The van der Waals surface area contributed by atoms with Gasteiger partial charge in [0.25, 0.3) is 0 Å². The van der Waals surface area contributed by atoms with Gasteiger partial charge in [0.05, 0.1) is 6.20 Å². The summed E-state index contributed by atoms with van der Waals surface area (Å²) in [6, 6.07) is 7.63. The molecule has 0 radical (unpaired) electrons. The number of hydrogen-bond donors (Lipinski definition) is 0. The molecule has 1 heterocycles. The highest BCUT2D eigenvalue weighted by molar-refractivity contribution is 5.74. The van der Waals surface area contributed by atoms with Gasteiger partial charge in [0, 0.05) is 11.8 Å². The standard InChI is InChI=1S/C14H13NO2/c1-10-3-11(2)5-13(4-10)17-14-6-12(9-16)7-15-8-14/h3-9H,1-2H3. The number of nitrogens with zero attached hydrogens (tertiary/aromatic N) is 1. The van der Waals surface area contributed by atoms with Gasteiger partial charge in [-0.25, -0.2) is 0 Å². The van der Waals surface area contributed by atoms with Gasteiger partial charge in [-0.2, -0.15) is 0 Å². The number of carbonyl (C=O) groups is 1. The third kappa shape index (κ3) is 2.91. The van der Waals surface area contributed by atoms with Crippen molar-refractivity contribution in [3.05, 3.63) is 53.3 Å². The Morgan fingerprint density at radius 1 is 1.00 bits per heavy atom. The van der Waals surface area contributed by atoms with Crippen molar-refractivity contribution >= 4 is 6.29 Å². The van der Waals surface area contributed by atoms with E-state index in [1.54, 1.807) is 12.3 Å². The number of hydrogen-bond acceptors (Lipinski definition) is 3. The number of rotatable bonds is 3. The molecule has 0 spiro atoms. The fraction of sp³-hybridized carbons (Fsp3) is 0.143. The summed E-state index contributed by atoms with van der Waals surface area (Å²) in [5.41, 5.74) is 2.78. The second kappa shape index (κ2) is 4.78. The monoisotopic (exact) mass is 227 g/mol. The highest BCUT2D eigenvalue weighted by Crippen LogP contribution is 2.23. The lowest BCUT2D eigenvalue weighted by Crippen LogP contribution is -1.89. The number of aryl methyl sites for hydroxylation is 2. The summed E-state index contributed by atoms with van der Waals surface area (Å²) in [6.07, 6.45) is 3.84. The van der Waals surface area contributed by atoms with Gasteiger partial charge in [0.15, 0.2) is 6.29 Å². The van der Waals surface area contributed by atoms with Crippen LogP contribution in [0.5, 0.6) is 11.5 Å². The zero-order chi connectivity index (χ0) is 12.3. The van der Waals surface area contributed by atoms with Crippen LogP contribution in [-0.4, -0.2) is 11.3 Å². The van der Waals surface area contributed by atoms with E-state index >= 15 is 0 Å². The van der Waals surface area contributed by atoms with Gasteiger partial charge in [-0.1, -0.05) is 6.07 Å². The van der Waals surface area contributed by atoms with Crippen LogP contribution >= 0.6 is 0 Å². The Hall–Kier alpha value is -2.16. The number of aromatic nitrogens is 1. The molecule has 0 aliphatic rings. The van der Waals surface area contributed by atoms with E-state index in [0.29, 0.717) is 11.3 Å². The molecule has 3 nitrogen and oxygen atoms in total. The Balaban J connectivity index is 2.27. The lowest BCUT2D eigenvalue weighted by Gasteiger charge is -2.07. The van der Waals surface area contributed by atoms with Crippen LogP contribution < -0.4 is 4.74 Å². The molecule has 0 aliphatic carbocycles. The quantitative estimate of drug-likeness (QED) is 0.755. The van der Waals surface area contributed by atoms with Gasteiger partial charge in [-0.15, -0.1) is 0 Å². The smallest absolute Gasteiger partial charge is 0.151 e. The molecule has 2 rings (SSSR count). The van der Waals surface area contributed by atoms with E-state index in [9.17, 15) is 4.79 Å². The number of ether oxygens (including phenoxy) is 1. The van der Waals surface area contributed by atoms with Crippen molar-refractivity contribution in [2.75, 3.05) is 0 Å². The summed E-state index contributed by atoms with van der Waals surface area (Å²) in [5.74, 6) is 1.33. The molecule has 2 aromatic rings. The van der Waals surface area contributed by atoms with Gasteiger partial charge in [-0.3, -0.25) is 9.78 Å². The Kier molecular flexibility index (Phi) is 3.19. The van der Waals surface area contributed by atoms with Crippen LogP contribution in [0.25, 0.3) is 0 Å². The molecule has 0 unspecified atom stereocenters.